The summed E-state index contributed by atoms with van der Waals surface area (Å²) in [4.78, 5) is 12.0. The number of carbonyl (C=O) groups excluding carboxylic acids is 1. The first-order valence-electron chi connectivity index (χ1n) is 6.19. The Morgan fingerprint density at radius 3 is 2.68 bits per heavy atom. The molecule has 0 heterocycles. The van der Waals surface area contributed by atoms with E-state index < -0.39 is 11.9 Å². The van der Waals surface area contributed by atoms with Crippen molar-refractivity contribution in [1.29, 1.82) is 0 Å². The van der Waals surface area contributed by atoms with Gasteiger partial charge in [-0.05, 0) is 48.4 Å². The molecule has 0 spiro atoms. The number of aliphatic hydroxyl groups excluding tert-OH is 1. The van der Waals surface area contributed by atoms with Gasteiger partial charge in [0.2, 0.25) is 0 Å². The van der Waals surface area contributed by atoms with Crippen LogP contribution in [0.1, 0.15) is 27.9 Å². The van der Waals surface area contributed by atoms with Crippen LogP contribution in [0.5, 0.6) is 11.5 Å². The van der Waals surface area contributed by atoms with E-state index in [0.717, 1.165) is 5.56 Å². The van der Waals surface area contributed by atoms with Crippen molar-refractivity contribution < 1.29 is 20.1 Å². The molecule has 0 saturated carbocycles. The van der Waals surface area contributed by atoms with Crippen molar-refractivity contribution in [2.75, 3.05) is 0 Å². The van der Waals surface area contributed by atoms with Crippen molar-refractivity contribution in [2.45, 2.75) is 25.9 Å². The van der Waals surface area contributed by atoms with Crippen molar-refractivity contribution in [2.24, 2.45) is 0 Å². The van der Waals surface area contributed by atoms with E-state index in [-0.39, 0.29) is 17.1 Å². The summed E-state index contributed by atoms with van der Waals surface area (Å²) in [7, 11) is 0. The predicted molar refractivity (Wildman–Crippen MR) is 70.7 cm³/mol. The lowest BCUT2D eigenvalue weighted by Crippen LogP contribution is -2.27. The molecule has 3 N–H and O–H groups in total. The number of ketones is 1. The minimum Gasteiger partial charge on any atom is -0.508 e. The second kappa shape index (κ2) is 3.96. The molecule has 1 aliphatic rings. The summed E-state index contributed by atoms with van der Waals surface area (Å²) in [5.74, 6) is -0.381. The van der Waals surface area contributed by atoms with E-state index in [1.54, 1.807) is 19.1 Å². The maximum atomic E-state index is 12.0. The fourth-order valence-electron chi connectivity index (χ4n) is 2.83. The summed E-state index contributed by atoms with van der Waals surface area (Å²) in [6.07, 6.45) is -0.122. The molecule has 98 valence electrons. The summed E-state index contributed by atoms with van der Waals surface area (Å²) in [5, 5.41) is 30.8. The third-order valence-electron chi connectivity index (χ3n) is 3.71. The van der Waals surface area contributed by atoms with Crippen LogP contribution in [0.3, 0.4) is 0 Å². The van der Waals surface area contributed by atoms with Gasteiger partial charge in [0, 0.05) is 5.39 Å². The third kappa shape index (κ3) is 1.68. The van der Waals surface area contributed by atoms with Crippen molar-refractivity contribution in [3.05, 3.63) is 34.9 Å². The zero-order valence-corrected chi connectivity index (χ0v) is 10.5. The molecule has 0 unspecified atom stereocenters. The van der Waals surface area contributed by atoms with Crippen LogP contribution in [0.4, 0.5) is 0 Å². The van der Waals surface area contributed by atoms with Gasteiger partial charge in [-0.3, -0.25) is 4.79 Å². The molecule has 1 aliphatic carbocycles. The average molecular weight is 258 g/mol. The van der Waals surface area contributed by atoms with Gasteiger partial charge >= 0.3 is 0 Å². The standard InChI is InChI=1S/C15H14O4/c1-7-4-10(16)6-9-5-8-2-3-11(17)14(18)13(8)15(19)12(7)9/h4-6,11,16-17,19H,2-3H2,1H3/t11-/m1/s1. The number of phenols is 2. The molecule has 0 aromatic heterocycles. The van der Waals surface area contributed by atoms with E-state index in [1.165, 1.54) is 6.07 Å². The summed E-state index contributed by atoms with van der Waals surface area (Å²) in [6, 6.07) is 4.91. The molecule has 4 heteroatoms. The molecule has 0 aliphatic heterocycles. The largest absolute Gasteiger partial charge is 0.508 e. The van der Waals surface area contributed by atoms with Crippen LogP contribution < -0.4 is 0 Å². The lowest BCUT2D eigenvalue weighted by atomic mass is 9.85. The number of hydrogen-bond donors (Lipinski definition) is 3. The first-order valence-corrected chi connectivity index (χ1v) is 6.19. The zero-order chi connectivity index (χ0) is 13.7. The average Bonchev–Trinajstić information content (AvgIpc) is 2.32. The van der Waals surface area contributed by atoms with Crippen LogP contribution in [-0.2, 0) is 6.42 Å². The van der Waals surface area contributed by atoms with Crippen molar-refractivity contribution in [3.8, 4) is 11.5 Å². The van der Waals surface area contributed by atoms with E-state index in [0.29, 0.717) is 29.2 Å². The molecular formula is C15H14O4. The molecule has 2 aromatic carbocycles. The van der Waals surface area contributed by atoms with E-state index in [2.05, 4.69) is 0 Å². The molecular weight excluding hydrogens is 244 g/mol. The number of rotatable bonds is 0. The van der Waals surface area contributed by atoms with Crippen molar-refractivity contribution in [1.82, 2.24) is 0 Å². The molecule has 0 fully saturated rings. The highest BCUT2D eigenvalue weighted by Crippen LogP contribution is 2.39. The summed E-state index contributed by atoms with van der Waals surface area (Å²) >= 11 is 0. The van der Waals surface area contributed by atoms with Crippen LogP contribution in [-0.4, -0.2) is 27.2 Å². The smallest absolute Gasteiger partial charge is 0.195 e. The van der Waals surface area contributed by atoms with Gasteiger partial charge < -0.3 is 15.3 Å². The van der Waals surface area contributed by atoms with E-state index in [9.17, 15) is 20.1 Å². The Morgan fingerprint density at radius 2 is 1.95 bits per heavy atom. The molecule has 1 atom stereocenters. The Bertz CT molecular complexity index is 703. The zero-order valence-electron chi connectivity index (χ0n) is 10.5. The minimum absolute atomic E-state index is 0.0891. The first-order chi connectivity index (χ1) is 8.99. The molecule has 19 heavy (non-hydrogen) atoms. The normalized spacial score (nSPS) is 18.6. The number of aliphatic hydroxyl groups is 1. The number of fused-ring (bicyclic) bond motifs is 2. The molecule has 4 nitrogen and oxygen atoms in total. The SMILES string of the molecule is Cc1cc(O)cc2cc3c(c(O)c12)C(=O)[C@H](O)CC3. The predicted octanol–water partition coefficient (Wildman–Crippen LogP) is 2.05. The van der Waals surface area contributed by atoms with Crippen molar-refractivity contribution >= 4 is 16.6 Å². The number of Topliss-reactive ketones (excluding diaryl/α,β-unsaturated/α-hetero) is 1. The number of hydrogen-bond acceptors (Lipinski definition) is 4. The van der Waals surface area contributed by atoms with Gasteiger partial charge in [0.1, 0.15) is 17.6 Å². The number of aromatic hydroxyl groups is 2. The highest BCUT2D eigenvalue weighted by atomic mass is 16.3. The van der Waals surface area contributed by atoms with Crippen LogP contribution in [0.2, 0.25) is 0 Å². The Balaban J connectivity index is 2.40. The van der Waals surface area contributed by atoms with Gasteiger partial charge in [0.15, 0.2) is 5.78 Å². The Hall–Kier alpha value is -2.07. The van der Waals surface area contributed by atoms with Gasteiger partial charge in [-0.2, -0.15) is 0 Å². The Kier molecular flexibility index (Phi) is 2.50. The van der Waals surface area contributed by atoms with Crippen LogP contribution in [0, 0.1) is 6.92 Å². The molecule has 0 bridgehead atoms. The van der Waals surface area contributed by atoms with Crippen LogP contribution >= 0.6 is 0 Å². The fourth-order valence-corrected chi connectivity index (χ4v) is 2.83. The van der Waals surface area contributed by atoms with Crippen LogP contribution in [0.25, 0.3) is 10.8 Å². The minimum atomic E-state index is -1.03. The van der Waals surface area contributed by atoms with E-state index >= 15 is 0 Å². The second-order valence-corrected chi connectivity index (χ2v) is 5.04. The highest BCUT2D eigenvalue weighted by molar-refractivity contribution is 6.09. The Morgan fingerprint density at radius 1 is 1.21 bits per heavy atom. The molecule has 0 amide bonds. The summed E-state index contributed by atoms with van der Waals surface area (Å²) in [5.41, 5.74) is 1.65. The van der Waals surface area contributed by atoms with Gasteiger partial charge in [-0.25, -0.2) is 0 Å². The summed E-state index contributed by atoms with van der Waals surface area (Å²) in [6.45, 7) is 1.76. The lowest BCUT2D eigenvalue weighted by Gasteiger charge is -2.22. The van der Waals surface area contributed by atoms with E-state index in [4.69, 9.17) is 0 Å². The van der Waals surface area contributed by atoms with Crippen molar-refractivity contribution in [3.63, 3.8) is 0 Å². The van der Waals surface area contributed by atoms with Gasteiger partial charge in [0.25, 0.3) is 0 Å². The maximum Gasteiger partial charge on any atom is 0.195 e. The third-order valence-corrected chi connectivity index (χ3v) is 3.71. The lowest BCUT2D eigenvalue weighted by molar-refractivity contribution is 0.0709. The topological polar surface area (TPSA) is 77.8 Å². The van der Waals surface area contributed by atoms with E-state index in [1.807, 2.05) is 0 Å². The maximum absolute atomic E-state index is 12.0. The quantitative estimate of drug-likeness (QED) is 0.675. The molecule has 2 aromatic rings. The number of phenolic OH excluding ortho intramolecular Hbond substituents is 2. The number of carbonyl (C=O) groups is 1. The highest BCUT2D eigenvalue weighted by Gasteiger charge is 2.29. The molecule has 3 rings (SSSR count). The summed E-state index contributed by atoms with van der Waals surface area (Å²) < 4.78 is 0. The van der Waals surface area contributed by atoms with Gasteiger partial charge in [-0.15, -0.1) is 0 Å². The second-order valence-electron chi connectivity index (χ2n) is 5.04. The molecule has 0 saturated heterocycles. The first kappa shape index (κ1) is 12.0. The number of benzene rings is 2. The fraction of sp³-hybridized carbons (Fsp3) is 0.267. The molecule has 0 radical (unpaired) electrons. The van der Waals surface area contributed by atoms with Gasteiger partial charge in [0.05, 0.1) is 5.56 Å². The monoisotopic (exact) mass is 258 g/mol. The van der Waals surface area contributed by atoms with Crippen LogP contribution in [0.15, 0.2) is 18.2 Å². The number of aryl methyl sites for hydroxylation is 2. The van der Waals surface area contributed by atoms with Gasteiger partial charge in [-0.1, -0.05) is 6.07 Å². The Labute approximate surface area is 109 Å².